The van der Waals surface area contributed by atoms with Crippen LogP contribution in [0.3, 0.4) is 0 Å². The van der Waals surface area contributed by atoms with Gasteiger partial charge in [0.15, 0.2) is 0 Å². The first-order valence-corrected chi connectivity index (χ1v) is 5.34. The van der Waals surface area contributed by atoms with Crippen LogP contribution in [-0.2, 0) is 0 Å². The fraction of sp³-hybridized carbons (Fsp3) is 0.308. The molecule has 0 spiro atoms. The van der Waals surface area contributed by atoms with Crippen molar-refractivity contribution in [3.8, 4) is 0 Å². The molecule has 0 bridgehead atoms. The Labute approximate surface area is 89.9 Å². The largest absolute Gasteiger partial charge is 0.411 e. The van der Waals surface area contributed by atoms with E-state index >= 15 is 0 Å². The van der Waals surface area contributed by atoms with Gasteiger partial charge in [0.25, 0.3) is 0 Å². The predicted octanol–water partition coefficient (Wildman–Crippen LogP) is 3.34. The Morgan fingerprint density at radius 2 is 2.07 bits per heavy atom. The van der Waals surface area contributed by atoms with Gasteiger partial charge in [0.1, 0.15) is 0 Å². The van der Waals surface area contributed by atoms with Gasteiger partial charge in [0.2, 0.25) is 0 Å². The quantitative estimate of drug-likeness (QED) is 0.444. The molecular weight excluding hydrogens is 186 g/mol. The highest BCUT2D eigenvalue weighted by Crippen LogP contribution is 2.32. The van der Waals surface area contributed by atoms with Gasteiger partial charge in [-0.05, 0) is 30.4 Å². The van der Waals surface area contributed by atoms with Crippen LogP contribution in [0, 0.1) is 0 Å². The Morgan fingerprint density at radius 1 is 1.27 bits per heavy atom. The van der Waals surface area contributed by atoms with Crippen LogP contribution in [0.2, 0.25) is 0 Å². The van der Waals surface area contributed by atoms with Crippen molar-refractivity contribution in [3.63, 3.8) is 0 Å². The third-order valence-electron chi connectivity index (χ3n) is 2.89. The van der Waals surface area contributed by atoms with E-state index in [-0.39, 0.29) is 0 Å². The van der Waals surface area contributed by atoms with E-state index in [2.05, 4.69) is 35.5 Å². The second-order valence-electron chi connectivity index (χ2n) is 3.84. The van der Waals surface area contributed by atoms with Gasteiger partial charge >= 0.3 is 0 Å². The third-order valence-corrected chi connectivity index (χ3v) is 2.89. The first kappa shape index (κ1) is 9.97. The molecule has 2 nitrogen and oxygen atoms in total. The van der Waals surface area contributed by atoms with Gasteiger partial charge in [-0.2, -0.15) is 0 Å². The van der Waals surface area contributed by atoms with Crippen molar-refractivity contribution in [2.45, 2.75) is 25.2 Å². The lowest BCUT2D eigenvalue weighted by Gasteiger charge is -2.21. The van der Waals surface area contributed by atoms with Gasteiger partial charge in [0.05, 0.1) is 6.21 Å². The minimum atomic E-state index is 0.399. The van der Waals surface area contributed by atoms with Gasteiger partial charge < -0.3 is 5.21 Å². The fourth-order valence-electron chi connectivity index (χ4n) is 2.15. The molecule has 1 aromatic rings. The Kier molecular flexibility index (Phi) is 3.18. The molecule has 1 aromatic carbocycles. The van der Waals surface area contributed by atoms with Crippen LogP contribution >= 0.6 is 0 Å². The summed E-state index contributed by atoms with van der Waals surface area (Å²) in [6, 6.07) is 10.4. The number of rotatable bonds is 2. The van der Waals surface area contributed by atoms with Crippen molar-refractivity contribution in [2.75, 3.05) is 0 Å². The van der Waals surface area contributed by atoms with Crippen molar-refractivity contribution < 1.29 is 5.21 Å². The van der Waals surface area contributed by atoms with E-state index in [9.17, 15) is 0 Å². The van der Waals surface area contributed by atoms with E-state index in [1.165, 1.54) is 12.0 Å². The molecule has 0 aliphatic heterocycles. The summed E-state index contributed by atoms with van der Waals surface area (Å²) in [5.74, 6) is 0.399. The zero-order chi connectivity index (χ0) is 10.5. The first-order chi connectivity index (χ1) is 7.42. The van der Waals surface area contributed by atoms with E-state index < -0.39 is 0 Å². The van der Waals surface area contributed by atoms with Gasteiger partial charge in [0, 0.05) is 5.92 Å². The highest BCUT2D eigenvalue weighted by molar-refractivity contribution is 5.80. The standard InChI is InChI=1S/C13H15NO/c15-14-10-12-8-4-5-9-13(12)11-6-2-1-3-7-11/h1-3,6-8,10,13,15H,4-5,9H2/b14-10+. The second-order valence-corrected chi connectivity index (χ2v) is 3.84. The van der Waals surface area contributed by atoms with Crippen LogP contribution in [0.15, 0.2) is 47.1 Å². The van der Waals surface area contributed by atoms with Crippen LogP contribution < -0.4 is 0 Å². The molecular formula is C13H15NO. The maximum atomic E-state index is 8.61. The molecule has 0 aromatic heterocycles. The fourth-order valence-corrected chi connectivity index (χ4v) is 2.15. The van der Waals surface area contributed by atoms with Crippen LogP contribution in [0.4, 0.5) is 0 Å². The Hall–Kier alpha value is -1.57. The maximum absolute atomic E-state index is 8.61. The summed E-state index contributed by atoms with van der Waals surface area (Å²) < 4.78 is 0. The zero-order valence-corrected chi connectivity index (χ0v) is 8.63. The van der Waals surface area contributed by atoms with Crippen LogP contribution in [-0.4, -0.2) is 11.4 Å². The molecule has 1 unspecified atom stereocenters. The molecule has 1 aliphatic carbocycles. The van der Waals surface area contributed by atoms with Gasteiger partial charge in [-0.25, -0.2) is 0 Å². The van der Waals surface area contributed by atoms with E-state index in [1.54, 1.807) is 6.21 Å². The number of hydrogen-bond acceptors (Lipinski definition) is 2. The molecule has 2 rings (SSSR count). The van der Waals surface area contributed by atoms with E-state index in [0.717, 1.165) is 18.4 Å². The summed E-state index contributed by atoms with van der Waals surface area (Å²) >= 11 is 0. The SMILES string of the molecule is O/N=C/C1=CCCCC1c1ccccc1. The summed E-state index contributed by atoms with van der Waals surface area (Å²) in [4.78, 5) is 0. The third kappa shape index (κ3) is 2.27. The summed E-state index contributed by atoms with van der Waals surface area (Å²) in [6.07, 6.45) is 7.17. The molecule has 0 heterocycles. The van der Waals surface area contributed by atoms with Crippen LogP contribution in [0.5, 0.6) is 0 Å². The van der Waals surface area contributed by atoms with Crippen molar-refractivity contribution in [1.29, 1.82) is 0 Å². The summed E-state index contributed by atoms with van der Waals surface area (Å²) in [5.41, 5.74) is 2.44. The van der Waals surface area contributed by atoms with E-state index in [4.69, 9.17) is 5.21 Å². The lowest BCUT2D eigenvalue weighted by atomic mass is 9.83. The van der Waals surface area contributed by atoms with Gasteiger partial charge in [-0.1, -0.05) is 41.6 Å². The molecule has 0 saturated carbocycles. The molecule has 15 heavy (non-hydrogen) atoms. The summed E-state index contributed by atoms with van der Waals surface area (Å²) in [6.45, 7) is 0. The van der Waals surface area contributed by atoms with Gasteiger partial charge in [-0.3, -0.25) is 0 Å². The number of benzene rings is 1. The smallest absolute Gasteiger partial charge is 0.0696 e. The number of hydrogen-bond donors (Lipinski definition) is 1. The molecule has 1 atom stereocenters. The predicted molar refractivity (Wildman–Crippen MR) is 61.4 cm³/mol. The second kappa shape index (κ2) is 4.78. The Balaban J connectivity index is 2.27. The summed E-state index contributed by atoms with van der Waals surface area (Å²) in [5, 5.41) is 11.8. The molecule has 2 heteroatoms. The zero-order valence-electron chi connectivity index (χ0n) is 8.63. The van der Waals surface area contributed by atoms with Crippen molar-refractivity contribution in [2.24, 2.45) is 5.16 Å². The molecule has 0 fully saturated rings. The lowest BCUT2D eigenvalue weighted by molar-refractivity contribution is 0.321. The van der Waals surface area contributed by atoms with Gasteiger partial charge in [-0.15, -0.1) is 0 Å². The number of oxime groups is 1. The minimum absolute atomic E-state index is 0.399. The Bertz CT molecular complexity index is 367. The molecule has 0 radical (unpaired) electrons. The number of allylic oxidation sites excluding steroid dienone is 2. The Morgan fingerprint density at radius 3 is 2.80 bits per heavy atom. The monoisotopic (exact) mass is 201 g/mol. The molecule has 1 aliphatic rings. The summed E-state index contributed by atoms with van der Waals surface area (Å²) in [7, 11) is 0. The molecule has 0 amide bonds. The van der Waals surface area contributed by atoms with E-state index in [0.29, 0.717) is 5.92 Å². The highest BCUT2D eigenvalue weighted by atomic mass is 16.4. The molecule has 0 saturated heterocycles. The average Bonchev–Trinajstić information content (AvgIpc) is 2.31. The topological polar surface area (TPSA) is 32.6 Å². The normalized spacial score (nSPS) is 21.6. The number of nitrogens with zero attached hydrogens (tertiary/aromatic N) is 1. The molecule has 1 N–H and O–H groups in total. The van der Waals surface area contributed by atoms with Crippen LogP contribution in [0.25, 0.3) is 0 Å². The van der Waals surface area contributed by atoms with Crippen molar-refractivity contribution in [1.82, 2.24) is 0 Å². The van der Waals surface area contributed by atoms with E-state index in [1.807, 2.05) is 6.07 Å². The van der Waals surface area contributed by atoms with Crippen LogP contribution in [0.1, 0.15) is 30.7 Å². The average molecular weight is 201 g/mol. The lowest BCUT2D eigenvalue weighted by Crippen LogP contribution is -2.08. The maximum Gasteiger partial charge on any atom is 0.0696 e. The molecule has 78 valence electrons. The van der Waals surface area contributed by atoms with Crippen molar-refractivity contribution >= 4 is 6.21 Å². The highest BCUT2D eigenvalue weighted by Gasteiger charge is 2.17. The minimum Gasteiger partial charge on any atom is -0.411 e. The van der Waals surface area contributed by atoms with Crippen molar-refractivity contribution in [3.05, 3.63) is 47.5 Å². The first-order valence-electron chi connectivity index (χ1n) is 5.34.